The van der Waals surface area contributed by atoms with Gasteiger partial charge in [0.2, 0.25) is 0 Å². The number of rotatable bonds is 6. The summed E-state index contributed by atoms with van der Waals surface area (Å²) in [6.45, 7) is 0.352. The maximum atomic E-state index is 12.3. The Labute approximate surface area is 134 Å². The van der Waals surface area contributed by atoms with E-state index in [0.29, 0.717) is 28.7 Å². The highest BCUT2D eigenvalue weighted by Gasteiger charge is 2.10. The minimum absolute atomic E-state index is 0.352. The van der Waals surface area contributed by atoms with E-state index < -0.39 is 10.8 Å². The molecule has 0 saturated carbocycles. The Morgan fingerprint density at radius 2 is 1.81 bits per heavy atom. The molecule has 2 rings (SSSR count). The molecule has 0 aliphatic heterocycles. The summed E-state index contributed by atoms with van der Waals surface area (Å²) in [4.78, 5) is 0.578. The van der Waals surface area contributed by atoms with Gasteiger partial charge in [-0.2, -0.15) is 0 Å². The third kappa shape index (κ3) is 4.47. The highest BCUT2D eigenvalue weighted by Crippen LogP contribution is 2.23. The lowest BCUT2D eigenvalue weighted by atomic mass is 10.3. The van der Waals surface area contributed by atoms with Crippen molar-refractivity contribution in [1.29, 1.82) is 0 Å². The van der Waals surface area contributed by atoms with Crippen molar-refractivity contribution in [2.24, 2.45) is 0 Å². The number of ether oxygens (including phenoxy) is 2. The molecule has 0 heterocycles. The Morgan fingerprint density at radius 3 is 2.48 bits per heavy atom. The third-order valence-electron chi connectivity index (χ3n) is 2.82. The first-order valence-corrected chi connectivity index (χ1v) is 8.41. The second kappa shape index (κ2) is 7.47. The molecule has 0 spiro atoms. The Balaban J connectivity index is 1.94. The molecule has 0 aliphatic rings. The summed E-state index contributed by atoms with van der Waals surface area (Å²) >= 11 is 3.36. The van der Waals surface area contributed by atoms with Crippen LogP contribution in [0.3, 0.4) is 0 Å². The van der Waals surface area contributed by atoms with Crippen molar-refractivity contribution in [3.8, 4) is 11.5 Å². The van der Waals surface area contributed by atoms with Crippen LogP contribution >= 0.6 is 15.9 Å². The number of methoxy groups -OCH3 is 1. The van der Waals surface area contributed by atoms with Gasteiger partial charge >= 0.3 is 0 Å². The molecule has 6 heteroatoms. The van der Waals surface area contributed by atoms with Gasteiger partial charge in [-0.1, -0.05) is 15.9 Å². The molecule has 0 aliphatic carbocycles. The van der Waals surface area contributed by atoms with Crippen molar-refractivity contribution < 1.29 is 13.7 Å². The molecule has 0 bridgehead atoms. The molecule has 0 saturated heterocycles. The number of benzene rings is 2. The van der Waals surface area contributed by atoms with Crippen molar-refractivity contribution in [2.45, 2.75) is 4.90 Å². The lowest BCUT2D eigenvalue weighted by Crippen LogP contribution is -2.10. The predicted octanol–water partition coefficient (Wildman–Crippen LogP) is 3.23. The topological polar surface area (TPSA) is 61.5 Å². The molecule has 0 amide bonds. The summed E-state index contributed by atoms with van der Waals surface area (Å²) in [5.41, 5.74) is 6.35. The molecule has 1 unspecified atom stereocenters. The van der Waals surface area contributed by atoms with Gasteiger partial charge in [-0.15, -0.1) is 0 Å². The van der Waals surface area contributed by atoms with Crippen LogP contribution in [0.5, 0.6) is 11.5 Å². The van der Waals surface area contributed by atoms with Crippen LogP contribution < -0.4 is 15.2 Å². The van der Waals surface area contributed by atoms with Crippen LogP contribution in [-0.2, 0) is 10.8 Å². The number of hydrogen-bond acceptors (Lipinski definition) is 4. The Kier molecular flexibility index (Phi) is 5.64. The molecular formula is C15H16BrNO3S. The SMILES string of the molecule is COc1ccc(N)c(S(=O)CCOc2ccc(Br)cc2)c1. The largest absolute Gasteiger partial charge is 0.497 e. The van der Waals surface area contributed by atoms with Gasteiger partial charge in [0.15, 0.2) is 0 Å². The lowest BCUT2D eigenvalue weighted by Gasteiger charge is -2.09. The van der Waals surface area contributed by atoms with E-state index in [0.717, 1.165) is 10.2 Å². The van der Waals surface area contributed by atoms with Crippen LogP contribution in [0, 0.1) is 0 Å². The molecule has 2 aromatic carbocycles. The van der Waals surface area contributed by atoms with Crippen LogP contribution in [0.1, 0.15) is 0 Å². The fraction of sp³-hybridized carbons (Fsp3) is 0.200. The zero-order valence-corrected chi connectivity index (χ0v) is 13.9. The van der Waals surface area contributed by atoms with Crippen LogP contribution in [0.15, 0.2) is 51.8 Å². The van der Waals surface area contributed by atoms with Gasteiger partial charge in [0.05, 0.1) is 28.6 Å². The first-order valence-electron chi connectivity index (χ1n) is 6.30. The van der Waals surface area contributed by atoms with Crippen LogP contribution in [-0.4, -0.2) is 23.7 Å². The predicted molar refractivity (Wildman–Crippen MR) is 88.3 cm³/mol. The van der Waals surface area contributed by atoms with Crippen LogP contribution in [0.2, 0.25) is 0 Å². The number of halogens is 1. The average Bonchev–Trinajstić information content (AvgIpc) is 2.49. The zero-order valence-electron chi connectivity index (χ0n) is 11.5. The molecule has 0 radical (unpaired) electrons. The summed E-state index contributed by atoms with van der Waals surface area (Å²) in [5, 5.41) is 0. The number of anilines is 1. The monoisotopic (exact) mass is 369 g/mol. The summed E-state index contributed by atoms with van der Waals surface area (Å²) in [6, 6.07) is 12.6. The van der Waals surface area contributed by atoms with Gasteiger partial charge in [0.1, 0.15) is 18.1 Å². The molecule has 2 N–H and O–H groups in total. The molecule has 1 atom stereocenters. The fourth-order valence-electron chi connectivity index (χ4n) is 1.71. The van der Waals surface area contributed by atoms with E-state index in [1.165, 1.54) is 0 Å². The van der Waals surface area contributed by atoms with E-state index in [1.54, 1.807) is 25.3 Å². The van der Waals surface area contributed by atoms with Gasteiger partial charge in [-0.05, 0) is 42.5 Å². The minimum Gasteiger partial charge on any atom is -0.497 e. The Bertz CT molecular complexity index is 631. The van der Waals surface area contributed by atoms with Gasteiger partial charge in [0, 0.05) is 10.2 Å². The maximum absolute atomic E-state index is 12.3. The Hall–Kier alpha value is -1.53. The molecule has 2 aromatic rings. The van der Waals surface area contributed by atoms with Gasteiger partial charge < -0.3 is 15.2 Å². The maximum Gasteiger partial charge on any atom is 0.120 e. The zero-order chi connectivity index (χ0) is 15.2. The molecule has 0 fully saturated rings. The van der Waals surface area contributed by atoms with Gasteiger partial charge in [-0.3, -0.25) is 4.21 Å². The summed E-state index contributed by atoms with van der Waals surface area (Å²) < 4.78 is 23.9. The van der Waals surface area contributed by atoms with Crippen molar-refractivity contribution in [3.63, 3.8) is 0 Å². The summed E-state index contributed by atoms with van der Waals surface area (Å²) in [6.07, 6.45) is 0. The van der Waals surface area contributed by atoms with Crippen molar-refractivity contribution in [3.05, 3.63) is 46.9 Å². The van der Waals surface area contributed by atoms with Crippen molar-refractivity contribution >= 4 is 32.4 Å². The van der Waals surface area contributed by atoms with E-state index in [1.807, 2.05) is 24.3 Å². The quantitative estimate of drug-likeness (QED) is 0.794. The fourth-order valence-corrected chi connectivity index (χ4v) is 3.01. The molecule has 112 valence electrons. The van der Waals surface area contributed by atoms with E-state index >= 15 is 0 Å². The third-order valence-corrected chi connectivity index (χ3v) is 4.73. The highest BCUT2D eigenvalue weighted by atomic mass is 79.9. The second-order valence-corrected chi connectivity index (χ2v) is 6.71. The molecule has 0 aromatic heterocycles. The van der Waals surface area contributed by atoms with Crippen molar-refractivity contribution in [2.75, 3.05) is 25.2 Å². The summed E-state index contributed by atoms with van der Waals surface area (Å²) in [7, 11) is 0.340. The Morgan fingerprint density at radius 1 is 1.14 bits per heavy atom. The minimum atomic E-state index is -1.22. The molecular weight excluding hydrogens is 354 g/mol. The van der Waals surface area contributed by atoms with Gasteiger partial charge in [0.25, 0.3) is 0 Å². The van der Waals surface area contributed by atoms with Gasteiger partial charge in [-0.25, -0.2) is 0 Å². The number of nitrogens with two attached hydrogens (primary N) is 1. The van der Waals surface area contributed by atoms with E-state index in [2.05, 4.69) is 15.9 Å². The standard InChI is InChI=1S/C15H16BrNO3S/c1-19-13-6-7-14(17)15(10-13)21(18)9-8-20-12-4-2-11(16)3-5-12/h2-7,10H,8-9,17H2,1H3. The smallest absolute Gasteiger partial charge is 0.120 e. The lowest BCUT2D eigenvalue weighted by molar-refractivity contribution is 0.342. The van der Waals surface area contributed by atoms with E-state index in [9.17, 15) is 4.21 Å². The first-order chi connectivity index (χ1) is 10.1. The number of nitrogen functional groups attached to an aromatic ring is 1. The van der Waals surface area contributed by atoms with Crippen LogP contribution in [0.4, 0.5) is 5.69 Å². The summed E-state index contributed by atoms with van der Waals surface area (Å²) in [5.74, 6) is 1.75. The van der Waals surface area contributed by atoms with E-state index in [-0.39, 0.29) is 0 Å². The molecule has 4 nitrogen and oxygen atoms in total. The average molecular weight is 370 g/mol. The van der Waals surface area contributed by atoms with Crippen molar-refractivity contribution in [1.82, 2.24) is 0 Å². The highest BCUT2D eigenvalue weighted by molar-refractivity contribution is 9.10. The van der Waals surface area contributed by atoms with E-state index in [4.69, 9.17) is 15.2 Å². The normalized spacial score (nSPS) is 11.9. The number of hydrogen-bond donors (Lipinski definition) is 1. The molecule has 21 heavy (non-hydrogen) atoms. The second-order valence-electron chi connectivity index (χ2n) is 4.26. The first kappa shape index (κ1) is 15.9. The van der Waals surface area contributed by atoms with Crippen LogP contribution in [0.25, 0.3) is 0 Å².